The second-order valence-corrected chi connectivity index (χ2v) is 6.53. The third-order valence-corrected chi connectivity index (χ3v) is 4.11. The lowest BCUT2D eigenvalue weighted by Gasteiger charge is -2.17. The van der Waals surface area contributed by atoms with Crippen LogP contribution in [0, 0.1) is 0 Å². The molecular weight excluding hydrogens is 384 g/mol. The lowest BCUT2D eigenvalue weighted by molar-refractivity contribution is -0.117. The summed E-state index contributed by atoms with van der Waals surface area (Å²) in [5, 5.41) is 3.28. The van der Waals surface area contributed by atoms with Gasteiger partial charge in [0.1, 0.15) is 0 Å². The third kappa shape index (κ3) is 5.80. The molecule has 0 radical (unpaired) electrons. The van der Waals surface area contributed by atoms with E-state index in [0.717, 1.165) is 5.56 Å². The fourth-order valence-electron chi connectivity index (χ4n) is 2.62. The zero-order valence-corrected chi connectivity index (χ0v) is 16.6. The number of likely N-dealkylation sites (N-methyl/N-ethyl adjacent to an activating group) is 1. The van der Waals surface area contributed by atoms with Gasteiger partial charge in [-0.05, 0) is 42.9 Å². The van der Waals surface area contributed by atoms with E-state index in [0.29, 0.717) is 11.6 Å². The number of carbonyl (C=O) groups excluding carboxylic acids is 3. The molecule has 1 N–H and O–H groups in total. The van der Waals surface area contributed by atoms with E-state index in [1.54, 1.807) is 18.0 Å². The highest BCUT2D eigenvalue weighted by molar-refractivity contribution is 6.30. The Morgan fingerprint density at radius 2 is 1.75 bits per heavy atom. The summed E-state index contributed by atoms with van der Waals surface area (Å²) in [5.74, 6) is -1.55. The summed E-state index contributed by atoms with van der Waals surface area (Å²) >= 11 is 5.98. The minimum absolute atomic E-state index is 0.0651. The first-order chi connectivity index (χ1) is 13.3. The van der Waals surface area contributed by atoms with Crippen molar-refractivity contribution in [3.8, 4) is 0 Å². The Morgan fingerprint density at radius 3 is 2.39 bits per heavy atom. The lowest BCUT2D eigenvalue weighted by Crippen LogP contribution is -2.30. The van der Waals surface area contributed by atoms with Gasteiger partial charge in [0.2, 0.25) is 5.91 Å². The maximum absolute atomic E-state index is 12.4. The Labute approximate surface area is 168 Å². The molecule has 0 heterocycles. The van der Waals surface area contributed by atoms with E-state index in [4.69, 9.17) is 16.3 Å². The van der Waals surface area contributed by atoms with Crippen molar-refractivity contribution in [2.75, 3.05) is 33.1 Å². The van der Waals surface area contributed by atoms with Crippen molar-refractivity contribution in [2.24, 2.45) is 0 Å². The average molecular weight is 405 g/mol. The molecule has 0 aliphatic rings. The van der Waals surface area contributed by atoms with Gasteiger partial charge < -0.3 is 14.8 Å². The summed E-state index contributed by atoms with van der Waals surface area (Å²) in [4.78, 5) is 37.9. The Kier molecular flexibility index (Phi) is 7.54. The van der Waals surface area contributed by atoms with Gasteiger partial charge >= 0.3 is 11.9 Å². The van der Waals surface area contributed by atoms with Crippen molar-refractivity contribution < 1.29 is 23.9 Å². The highest BCUT2D eigenvalue weighted by Crippen LogP contribution is 2.20. The van der Waals surface area contributed by atoms with Crippen molar-refractivity contribution in [2.45, 2.75) is 6.54 Å². The molecule has 0 saturated heterocycles. The molecule has 0 atom stereocenters. The zero-order chi connectivity index (χ0) is 20.7. The normalized spacial score (nSPS) is 10.5. The van der Waals surface area contributed by atoms with E-state index in [1.165, 1.54) is 32.4 Å². The Hall–Kier alpha value is -2.90. The molecule has 0 aliphatic heterocycles. The SMILES string of the molecule is COC(=O)c1ccc(C(=O)OC)c(NC(=O)CN(C)Cc2cccc(Cl)c2)c1. The number of benzene rings is 2. The number of nitrogens with zero attached hydrogens (tertiary/aromatic N) is 1. The molecule has 2 aromatic carbocycles. The predicted molar refractivity (Wildman–Crippen MR) is 106 cm³/mol. The maximum Gasteiger partial charge on any atom is 0.339 e. The van der Waals surface area contributed by atoms with E-state index in [2.05, 4.69) is 10.1 Å². The van der Waals surface area contributed by atoms with Gasteiger partial charge in [-0.3, -0.25) is 9.69 Å². The van der Waals surface area contributed by atoms with E-state index in [1.807, 2.05) is 18.2 Å². The fraction of sp³-hybridized carbons (Fsp3) is 0.250. The number of carbonyl (C=O) groups is 3. The highest BCUT2D eigenvalue weighted by atomic mass is 35.5. The van der Waals surface area contributed by atoms with Gasteiger partial charge in [0.25, 0.3) is 0 Å². The topological polar surface area (TPSA) is 84.9 Å². The summed E-state index contributed by atoms with van der Waals surface area (Å²) in [6.07, 6.45) is 0. The molecule has 0 saturated carbocycles. The van der Waals surface area contributed by atoms with Gasteiger partial charge in [-0.2, -0.15) is 0 Å². The number of hydrogen-bond donors (Lipinski definition) is 1. The van der Waals surface area contributed by atoms with Crippen LogP contribution >= 0.6 is 11.6 Å². The molecule has 0 aromatic heterocycles. The summed E-state index contributed by atoms with van der Waals surface area (Å²) in [7, 11) is 4.27. The van der Waals surface area contributed by atoms with Crippen molar-refractivity contribution in [3.05, 3.63) is 64.2 Å². The van der Waals surface area contributed by atoms with Crippen LogP contribution in [-0.4, -0.2) is 50.6 Å². The van der Waals surface area contributed by atoms with Gasteiger partial charge in [0, 0.05) is 11.6 Å². The number of amides is 1. The number of ether oxygens (including phenoxy) is 2. The van der Waals surface area contributed by atoms with Crippen LogP contribution in [0.1, 0.15) is 26.3 Å². The van der Waals surface area contributed by atoms with Gasteiger partial charge in [0.15, 0.2) is 0 Å². The largest absolute Gasteiger partial charge is 0.465 e. The Balaban J connectivity index is 2.12. The first-order valence-electron chi connectivity index (χ1n) is 8.37. The minimum atomic E-state index is -0.626. The first-order valence-corrected chi connectivity index (χ1v) is 8.75. The van der Waals surface area contributed by atoms with Crippen LogP contribution in [0.5, 0.6) is 0 Å². The van der Waals surface area contributed by atoms with Gasteiger partial charge in [0.05, 0.1) is 37.6 Å². The second kappa shape index (κ2) is 9.87. The smallest absolute Gasteiger partial charge is 0.339 e. The maximum atomic E-state index is 12.4. The van der Waals surface area contributed by atoms with Crippen molar-refractivity contribution in [1.29, 1.82) is 0 Å². The molecule has 0 fully saturated rings. The monoisotopic (exact) mass is 404 g/mol. The summed E-state index contributed by atoms with van der Waals surface area (Å²) in [6.45, 7) is 0.579. The number of hydrogen-bond acceptors (Lipinski definition) is 6. The second-order valence-electron chi connectivity index (χ2n) is 6.09. The Morgan fingerprint density at radius 1 is 1.04 bits per heavy atom. The van der Waals surface area contributed by atoms with Crippen LogP contribution in [0.4, 0.5) is 5.69 Å². The van der Waals surface area contributed by atoms with Gasteiger partial charge in [-0.1, -0.05) is 23.7 Å². The van der Waals surface area contributed by atoms with E-state index >= 15 is 0 Å². The number of esters is 2. The van der Waals surface area contributed by atoms with Gasteiger partial charge in [-0.15, -0.1) is 0 Å². The molecule has 28 heavy (non-hydrogen) atoms. The summed E-state index contributed by atoms with van der Waals surface area (Å²) in [6, 6.07) is 11.6. The summed E-state index contributed by atoms with van der Waals surface area (Å²) in [5.41, 5.74) is 1.49. The van der Waals surface area contributed by atoms with Crippen molar-refractivity contribution >= 4 is 35.1 Å². The molecule has 8 heteroatoms. The van der Waals surface area contributed by atoms with E-state index in [9.17, 15) is 14.4 Å². The standard InChI is InChI=1S/C20H21ClN2O5/c1-23(11-13-5-4-6-15(21)9-13)12-18(24)22-17-10-14(19(25)27-2)7-8-16(17)20(26)28-3/h4-10H,11-12H2,1-3H3,(H,22,24). The number of nitrogens with one attached hydrogen (secondary N) is 1. The molecule has 0 spiro atoms. The minimum Gasteiger partial charge on any atom is -0.465 e. The number of anilines is 1. The molecule has 148 valence electrons. The van der Waals surface area contributed by atoms with Gasteiger partial charge in [-0.25, -0.2) is 9.59 Å². The van der Waals surface area contributed by atoms with Crippen LogP contribution in [0.15, 0.2) is 42.5 Å². The van der Waals surface area contributed by atoms with Crippen molar-refractivity contribution in [3.63, 3.8) is 0 Å². The Bertz CT molecular complexity index is 885. The van der Waals surface area contributed by atoms with E-state index < -0.39 is 11.9 Å². The molecular formula is C20H21ClN2O5. The van der Waals surface area contributed by atoms with Crippen molar-refractivity contribution in [1.82, 2.24) is 4.90 Å². The lowest BCUT2D eigenvalue weighted by atomic mass is 10.1. The number of halogens is 1. The quantitative estimate of drug-likeness (QED) is 0.714. The van der Waals surface area contributed by atoms with Crippen LogP contribution in [0.2, 0.25) is 5.02 Å². The molecule has 2 aromatic rings. The van der Waals surface area contributed by atoms with Crippen LogP contribution in [0.3, 0.4) is 0 Å². The van der Waals surface area contributed by atoms with E-state index in [-0.39, 0.29) is 29.3 Å². The average Bonchev–Trinajstić information content (AvgIpc) is 2.66. The first kappa shape index (κ1) is 21.4. The van der Waals surface area contributed by atoms with Crippen LogP contribution < -0.4 is 5.32 Å². The molecule has 0 aliphatic carbocycles. The zero-order valence-electron chi connectivity index (χ0n) is 15.8. The molecule has 2 rings (SSSR count). The number of methoxy groups -OCH3 is 2. The summed E-state index contributed by atoms with van der Waals surface area (Å²) < 4.78 is 9.40. The van der Waals surface area contributed by atoms with Crippen LogP contribution in [-0.2, 0) is 20.8 Å². The molecule has 1 amide bonds. The molecule has 0 bridgehead atoms. The highest BCUT2D eigenvalue weighted by Gasteiger charge is 2.18. The fourth-order valence-corrected chi connectivity index (χ4v) is 2.83. The molecule has 7 nitrogen and oxygen atoms in total. The predicted octanol–water partition coefficient (Wildman–Crippen LogP) is 2.98. The number of rotatable bonds is 7. The molecule has 0 unspecified atom stereocenters. The van der Waals surface area contributed by atoms with Crippen LogP contribution in [0.25, 0.3) is 0 Å². The third-order valence-electron chi connectivity index (χ3n) is 3.88.